The Kier molecular flexibility index (Phi) is 2.87. The van der Waals surface area contributed by atoms with Crippen LogP contribution in [0.4, 0.5) is 0 Å². The van der Waals surface area contributed by atoms with Crippen LogP contribution in [0.5, 0.6) is 0 Å². The summed E-state index contributed by atoms with van der Waals surface area (Å²) in [6, 6.07) is 18.6. The molecule has 0 unspecified atom stereocenters. The number of nitrogens with one attached hydrogen (secondary N) is 1. The zero-order chi connectivity index (χ0) is 12.4. The molecule has 0 amide bonds. The van der Waals surface area contributed by atoms with Crippen molar-refractivity contribution in [1.82, 2.24) is 5.32 Å². The molecule has 3 aromatic rings. The number of fused-ring (bicyclic) bond motifs is 1. The van der Waals surface area contributed by atoms with Crippen LogP contribution in [0.25, 0.3) is 22.3 Å². The standard InChI is InChI=1S/C16H15NO/c1-17-11-12-5-4-7-13(9-12)16-10-14-6-2-3-8-15(14)18-16/h2-10,17H,11H2,1H3. The summed E-state index contributed by atoms with van der Waals surface area (Å²) in [5.74, 6) is 0.925. The second-order valence-electron chi connectivity index (χ2n) is 4.38. The fourth-order valence-electron chi connectivity index (χ4n) is 2.16. The van der Waals surface area contributed by atoms with Gasteiger partial charge >= 0.3 is 0 Å². The van der Waals surface area contributed by atoms with Crippen molar-refractivity contribution >= 4 is 11.0 Å². The van der Waals surface area contributed by atoms with Gasteiger partial charge in [0, 0.05) is 17.5 Å². The Morgan fingerprint density at radius 1 is 1.00 bits per heavy atom. The fourth-order valence-corrected chi connectivity index (χ4v) is 2.16. The molecule has 0 aliphatic heterocycles. The minimum atomic E-state index is 0.869. The Balaban J connectivity index is 2.05. The van der Waals surface area contributed by atoms with Crippen molar-refractivity contribution in [3.8, 4) is 11.3 Å². The Morgan fingerprint density at radius 2 is 1.89 bits per heavy atom. The van der Waals surface area contributed by atoms with Crippen molar-refractivity contribution in [3.63, 3.8) is 0 Å². The number of para-hydroxylation sites is 1. The van der Waals surface area contributed by atoms with Crippen LogP contribution in [-0.2, 0) is 6.54 Å². The molecule has 0 aliphatic rings. The zero-order valence-electron chi connectivity index (χ0n) is 10.3. The maximum atomic E-state index is 5.87. The first kappa shape index (κ1) is 11.1. The lowest BCUT2D eigenvalue weighted by atomic mass is 10.1. The summed E-state index contributed by atoms with van der Waals surface area (Å²) >= 11 is 0. The number of hydrogen-bond acceptors (Lipinski definition) is 2. The van der Waals surface area contributed by atoms with E-state index in [9.17, 15) is 0 Å². The number of furan rings is 1. The van der Waals surface area contributed by atoms with Gasteiger partial charge in [0.15, 0.2) is 0 Å². The summed E-state index contributed by atoms with van der Waals surface area (Å²) < 4.78 is 5.87. The van der Waals surface area contributed by atoms with Gasteiger partial charge in [-0.2, -0.15) is 0 Å². The van der Waals surface area contributed by atoms with Gasteiger partial charge < -0.3 is 9.73 Å². The highest BCUT2D eigenvalue weighted by Gasteiger charge is 2.05. The van der Waals surface area contributed by atoms with E-state index in [0.717, 1.165) is 28.8 Å². The molecule has 0 aliphatic carbocycles. The van der Waals surface area contributed by atoms with Crippen molar-refractivity contribution in [2.24, 2.45) is 0 Å². The highest BCUT2D eigenvalue weighted by atomic mass is 16.3. The summed E-state index contributed by atoms with van der Waals surface area (Å²) in [6.45, 7) is 0.869. The number of hydrogen-bond donors (Lipinski definition) is 1. The first-order valence-electron chi connectivity index (χ1n) is 6.09. The van der Waals surface area contributed by atoms with Gasteiger partial charge in [-0.25, -0.2) is 0 Å². The molecule has 0 bridgehead atoms. The largest absolute Gasteiger partial charge is 0.456 e. The lowest BCUT2D eigenvalue weighted by Gasteiger charge is -2.02. The van der Waals surface area contributed by atoms with Crippen molar-refractivity contribution < 1.29 is 4.42 Å². The van der Waals surface area contributed by atoms with E-state index in [0.29, 0.717) is 0 Å². The van der Waals surface area contributed by atoms with Crippen LogP contribution in [0.15, 0.2) is 59.0 Å². The minimum absolute atomic E-state index is 0.869. The van der Waals surface area contributed by atoms with Gasteiger partial charge in [0.05, 0.1) is 0 Å². The fraction of sp³-hybridized carbons (Fsp3) is 0.125. The first-order chi connectivity index (χ1) is 8.86. The van der Waals surface area contributed by atoms with E-state index in [1.807, 2.05) is 25.2 Å². The molecule has 3 rings (SSSR count). The summed E-state index contributed by atoms with van der Waals surface area (Å²) in [4.78, 5) is 0. The average molecular weight is 237 g/mol. The predicted octanol–water partition coefficient (Wildman–Crippen LogP) is 3.82. The van der Waals surface area contributed by atoms with Crippen molar-refractivity contribution in [1.29, 1.82) is 0 Å². The molecule has 0 atom stereocenters. The number of rotatable bonds is 3. The summed E-state index contributed by atoms with van der Waals surface area (Å²) in [5.41, 5.74) is 3.32. The monoisotopic (exact) mass is 237 g/mol. The number of benzene rings is 2. The van der Waals surface area contributed by atoms with Crippen LogP contribution in [0.3, 0.4) is 0 Å². The highest BCUT2D eigenvalue weighted by Crippen LogP contribution is 2.28. The van der Waals surface area contributed by atoms with Gasteiger partial charge in [-0.3, -0.25) is 0 Å². The van der Waals surface area contributed by atoms with Gasteiger partial charge in [-0.15, -0.1) is 0 Å². The summed E-state index contributed by atoms with van der Waals surface area (Å²) in [5, 5.41) is 4.30. The van der Waals surface area contributed by atoms with Gasteiger partial charge in [-0.1, -0.05) is 36.4 Å². The lowest BCUT2D eigenvalue weighted by molar-refractivity contribution is 0.631. The van der Waals surface area contributed by atoms with E-state index < -0.39 is 0 Å². The maximum Gasteiger partial charge on any atom is 0.135 e. The van der Waals surface area contributed by atoms with Gasteiger partial charge in [0.2, 0.25) is 0 Å². The predicted molar refractivity (Wildman–Crippen MR) is 74.4 cm³/mol. The summed E-state index contributed by atoms with van der Waals surface area (Å²) in [6.07, 6.45) is 0. The Hall–Kier alpha value is -2.06. The topological polar surface area (TPSA) is 25.2 Å². The molecule has 1 aromatic heterocycles. The molecule has 2 nitrogen and oxygen atoms in total. The molecule has 2 aromatic carbocycles. The normalized spacial score (nSPS) is 10.9. The Morgan fingerprint density at radius 3 is 2.72 bits per heavy atom. The molecule has 90 valence electrons. The average Bonchev–Trinajstić information content (AvgIpc) is 2.83. The molecular formula is C16H15NO. The van der Waals surface area contributed by atoms with Crippen LogP contribution in [0.2, 0.25) is 0 Å². The van der Waals surface area contributed by atoms with Crippen LogP contribution in [0.1, 0.15) is 5.56 Å². The van der Waals surface area contributed by atoms with E-state index in [4.69, 9.17) is 4.42 Å². The van der Waals surface area contributed by atoms with E-state index in [1.165, 1.54) is 5.56 Å². The summed E-state index contributed by atoms with van der Waals surface area (Å²) in [7, 11) is 1.95. The van der Waals surface area contributed by atoms with Crippen molar-refractivity contribution in [2.75, 3.05) is 7.05 Å². The van der Waals surface area contributed by atoms with E-state index in [2.05, 4.69) is 41.7 Å². The quantitative estimate of drug-likeness (QED) is 0.749. The van der Waals surface area contributed by atoms with Gasteiger partial charge in [0.1, 0.15) is 11.3 Å². The molecule has 1 N–H and O–H groups in total. The smallest absolute Gasteiger partial charge is 0.135 e. The van der Waals surface area contributed by atoms with E-state index >= 15 is 0 Å². The van der Waals surface area contributed by atoms with E-state index in [-0.39, 0.29) is 0 Å². The van der Waals surface area contributed by atoms with Crippen LogP contribution in [-0.4, -0.2) is 7.05 Å². The molecular weight excluding hydrogens is 222 g/mol. The molecule has 0 spiro atoms. The second-order valence-corrected chi connectivity index (χ2v) is 4.38. The first-order valence-corrected chi connectivity index (χ1v) is 6.09. The Bertz CT molecular complexity index is 636. The third-order valence-corrected chi connectivity index (χ3v) is 3.02. The van der Waals surface area contributed by atoms with Crippen LogP contribution < -0.4 is 5.32 Å². The SMILES string of the molecule is CNCc1cccc(-c2cc3ccccc3o2)c1. The molecule has 0 radical (unpaired) electrons. The second kappa shape index (κ2) is 4.67. The van der Waals surface area contributed by atoms with Crippen LogP contribution >= 0.6 is 0 Å². The van der Waals surface area contributed by atoms with Crippen molar-refractivity contribution in [2.45, 2.75) is 6.54 Å². The Labute approximate surface area is 106 Å². The third kappa shape index (κ3) is 2.03. The van der Waals surface area contributed by atoms with Crippen LogP contribution in [0, 0.1) is 0 Å². The zero-order valence-corrected chi connectivity index (χ0v) is 10.3. The third-order valence-electron chi connectivity index (χ3n) is 3.02. The van der Waals surface area contributed by atoms with E-state index in [1.54, 1.807) is 0 Å². The van der Waals surface area contributed by atoms with Crippen molar-refractivity contribution in [3.05, 3.63) is 60.2 Å². The minimum Gasteiger partial charge on any atom is -0.456 e. The highest BCUT2D eigenvalue weighted by molar-refractivity contribution is 5.82. The molecule has 0 fully saturated rings. The molecule has 0 saturated carbocycles. The van der Waals surface area contributed by atoms with Gasteiger partial charge in [0.25, 0.3) is 0 Å². The molecule has 1 heterocycles. The molecule has 2 heteroatoms. The molecule has 18 heavy (non-hydrogen) atoms. The lowest BCUT2D eigenvalue weighted by Crippen LogP contribution is -2.04. The molecule has 0 saturated heterocycles. The maximum absolute atomic E-state index is 5.87. The van der Waals surface area contributed by atoms with Gasteiger partial charge in [-0.05, 0) is 30.8 Å².